The largest absolute Gasteiger partial charge is 0.468 e. The molecular formula is C13H23NO2. The molecule has 0 aromatic heterocycles. The minimum atomic E-state index is 0.458. The maximum absolute atomic E-state index is 10.2. The van der Waals surface area contributed by atoms with Crippen LogP contribution in [0.3, 0.4) is 0 Å². The molecule has 0 radical (unpaired) electrons. The maximum Gasteiger partial charge on any atom is 0.293 e. The summed E-state index contributed by atoms with van der Waals surface area (Å²) in [5.74, 6) is 0.953. The molecule has 1 N–H and O–H groups in total. The van der Waals surface area contributed by atoms with E-state index >= 15 is 0 Å². The second-order valence-corrected chi connectivity index (χ2v) is 5.47. The number of piperidine rings is 1. The first-order chi connectivity index (χ1) is 7.85. The van der Waals surface area contributed by atoms with Gasteiger partial charge in [-0.05, 0) is 50.1 Å². The molecule has 2 rings (SSSR count). The van der Waals surface area contributed by atoms with Gasteiger partial charge in [-0.15, -0.1) is 0 Å². The predicted octanol–water partition coefficient (Wildman–Crippen LogP) is 2.11. The first kappa shape index (κ1) is 11.9. The summed E-state index contributed by atoms with van der Waals surface area (Å²) < 4.78 is 4.89. The van der Waals surface area contributed by atoms with Crippen LogP contribution < -0.4 is 5.32 Å². The Labute approximate surface area is 97.9 Å². The van der Waals surface area contributed by atoms with Crippen molar-refractivity contribution in [1.29, 1.82) is 0 Å². The van der Waals surface area contributed by atoms with Crippen LogP contribution in [0.2, 0.25) is 0 Å². The van der Waals surface area contributed by atoms with Gasteiger partial charge in [-0.3, -0.25) is 4.79 Å². The van der Waals surface area contributed by atoms with Crippen LogP contribution in [-0.4, -0.2) is 26.2 Å². The average Bonchev–Trinajstić information content (AvgIpc) is 2.26. The van der Waals surface area contributed by atoms with Crippen LogP contribution in [0.25, 0.3) is 0 Å². The number of carbonyl (C=O) groups is 1. The Morgan fingerprint density at radius 3 is 2.62 bits per heavy atom. The van der Waals surface area contributed by atoms with Crippen molar-refractivity contribution >= 4 is 6.47 Å². The fourth-order valence-corrected chi connectivity index (χ4v) is 3.15. The Morgan fingerprint density at radius 2 is 2.06 bits per heavy atom. The van der Waals surface area contributed by atoms with Crippen LogP contribution in [0.1, 0.15) is 44.9 Å². The highest BCUT2D eigenvalue weighted by Gasteiger charge is 2.35. The fourth-order valence-electron chi connectivity index (χ4n) is 3.15. The van der Waals surface area contributed by atoms with E-state index < -0.39 is 0 Å². The summed E-state index contributed by atoms with van der Waals surface area (Å²) in [6, 6.07) is 0. The summed E-state index contributed by atoms with van der Waals surface area (Å²) >= 11 is 0. The molecule has 0 aromatic rings. The van der Waals surface area contributed by atoms with Gasteiger partial charge in [0, 0.05) is 0 Å². The predicted molar refractivity (Wildman–Crippen MR) is 63.1 cm³/mol. The molecule has 3 heteroatoms. The first-order valence-electron chi connectivity index (χ1n) is 6.61. The lowest BCUT2D eigenvalue weighted by Crippen LogP contribution is -2.39. The van der Waals surface area contributed by atoms with Crippen molar-refractivity contribution in [1.82, 2.24) is 5.32 Å². The highest BCUT2D eigenvalue weighted by molar-refractivity contribution is 5.36. The highest BCUT2D eigenvalue weighted by atomic mass is 16.5. The molecule has 1 saturated heterocycles. The Balaban J connectivity index is 1.84. The Kier molecular flexibility index (Phi) is 4.22. The third-order valence-corrected chi connectivity index (χ3v) is 4.43. The van der Waals surface area contributed by atoms with Gasteiger partial charge in [-0.25, -0.2) is 0 Å². The Morgan fingerprint density at radius 1 is 1.31 bits per heavy atom. The molecule has 2 fully saturated rings. The van der Waals surface area contributed by atoms with E-state index in [1.165, 1.54) is 38.5 Å². The molecule has 1 saturated carbocycles. The monoisotopic (exact) mass is 225 g/mol. The van der Waals surface area contributed by atoms with E-state index in [0.29, 0.717) is 18.5 Å². The van der Waals surface area contributed by atoms with E-state index in [1.54, 1.807) is 0 Å². The summed E-state index contributed by atoms with van der Waals surface area (Å²) in [4.78, 5) is 10.2. The first-order valence-corrected chi connectivity index (χ1v) is 6.61. The fraction of sp³-hybridized carbons (Fsp3) is 0.923. The molecular weight excluding hydrogens is 202 g/mol. The standard InChI is InChI=1S/C13H23NO2/c15-11-16-9-6-13(4-7-14-8-5-13)10-12-2-1-3-12/h11-12,14H,1-10H2. The van der Waals surface area contributed by atoms with Crippen molar-refractivity contribution in [2.75, 3.05) is 19.7 Å². The Bertz CT molecular complexity index is 220. The second-order valence-electron chi connectivity index (χ2n) is 5.47. The summed E-state index contributed by atoms with van der Waals surface area (Å²) in [6.07, 6.45) is 9.19. The van der Waals surface area contributed by atoms with Gasteiger partial charge in [-0.2, -0.15) is 0 Å². The van der Waals surface area contributed by atoms with Crippen LogP contribution in [-0.2, 0) is 9.53 Å². The summed E-state index contributed by atoms with van der Waals surface area (Å²) in [5, 5.41) is 3.43. The molecule has 92 valence electrons. The third kappa shape index (κ3) is 2.97. The molecule has 0 aromatic carbocycles. The number of carbonyl (C=O) groups excluding carboxylic acids is 1. The van der Waals surface area contributed by atoms with Crippen molar-refractivity contribution in [2.45, 2.75) is 44.9 Å². The molecule has 1 aliphatic heterocycles. The highest BCUT2D eigenvalue weighted by Crippen LogP contribution is 2.44. The molecule has 1 aliphatic carbocycles. The molecule has 0 amide bonds. The number of ether oxygens (including phenoxy) is 1. The summed E-state index contributed by atoms with van der Waals surface area (Å²) in [5.41, 5.74) is 0.458. The van der Waals surface area contributed by atoms with Crippen LogP contribution in [0.4, 0.5) is 0 Å². The smallest absolute Gasteiger partial charge is 0.293 e. The van der Waals surface area contributed by atoms with Gasteiger partial charge in [0.1, 0.15) is 0 Å². The zero-order chi connectivity index (χ0) is 11.3. The second kappa shape index (κ2) is 5.67. The van der Waals surface area contributed by atoms with Gasteiger partial charge in [-0.1, -0.05) is 19.3 Å². The zero-order valence-corrected chi connectivity index (χ0v) is 10.0. The van der Waals surface area contributed by atoms with E-state index in [0.717, 1.165) is 25.4 Å². The van der Waals surface area contributed by atoms with Crippen molar-refractivity contribution in [3.05, 3.63) is 0 Å². The Hall–Kier alpha value is -0.570. The van der Waals surface area contributed by atoms with Gasteiger partial charge in [0.25, 0.3) is 6.47 Å². The van der Waals surface area contributed by atoms with E-state index in [1.807, 2.05) is 0 Å². The van der Waals surface area contributed by atoms with E-state index in [4.69, 9.17) is 4.74 Å². The van der Waals surface area contributed by atoms with Crippen molar-refractivity contribution in [3.63, 3.8) is 0 Å². The number of hydrogen-bond acceptors (Lipinski definition) is 3. The van der Waals surface area contributed by atoms with Crippen LogP contribution in [0.15, 0.2) is 0 Å². The molecule has 0 unspecified atom stereocenters. The van der Waals surface area contributed by atoms with Crippen molar-refractivity contribution in [3.8, 4) is 0 Å². The normalized spacial score (nSPS) is 24.8. The lowest BCUT2D eigenvalue weighted by molar-refractivity contribution is -0.129. The van der Waals surface area contributed by atoms with Crippen LogP contribution in [0.5, 0.6) is 0 Å². The maximum atomic E-state index is 10.2. The molecule has 2 aliphatic rings. The minimum Gasteiger partial charge on any atom is -0.468 e. The average molecular weight is 225 g/mol. The van der Waals surface area contributed by atoms with Crippen molar-refractivity contribution < 1.29 is 9.53 Å². The molecule has 3 nitrogen and oxygen atoms in total. The molecule has 0 bridgehead atoms. The quantitative estimate of drug-likeness (QED) is 0.556. The molecule has 16 heavy (non-hydrogen) atoms. The lowest BCUT2D eigenvalue weighted by atomic mass is 9.66. The van der Waals surface area contributed by atoms with Gasteiger partial charge in [0.15, 0.2) is 0 Å². The van der Waals surface area contributed by atoms with Gasteiger partial charge in [0.2, 0.25) is 0 Å². The molecule has 1 heterocycles. The summed E-state index contributed by atoms with van der Waals surface area (Å²) in [6.45, 7) is 3.45. The number of rotatable bonds is 6. The molecule has 0 atom stereocenters. The van der Waals surface area contributed by atoms with Gasteiger partial charge < -0.3 is 10.1 Å². The van der Waals surface area contributed by atoms with Gasteiger partial charge in [0.05, 0.1) is 6.61 Å². The SMILES string of the molecule is O=COCCC1(CC2CCC2)CCNCC1. The van der Waals surface area contributed by atoms with E-state index in [2.05, 4.69) is 5.32 Å². The van der Waals surface area contributed by atoms with E-state index in [-0.39, 0.29) is 0 Å². The third-order valence-electron chi connectivity index (χ3n) is 4.43. The van der Waals surface area contributed by atoms with Crippen LogP contribution in [0, 0.1) is 11.3 Å². The zero-order valence-electron chi connectivity index (χ0n) is 10.0. The van der Waals surface area contributed by atoms with Gasteiger partial charge >= 0.3 is 0 Å². The van der Waals surface area contributed by atoms with Crippen molar-refractivity contribution in [2.24, 2.45) is 11.3 Å². The topological polar surface area (TPSA) is 38.3 Å². The summed E-state index contributed by atoms with van der Waals surface area (Å²) in [7, 11) is 0. The van der Waals surface area contributed by atoms with Crippen LogP contribution >= 0.6 is 0 Å². The number of nitrogens with one attached hydrogen (secondary N) is 1. The van der Waals surface area contributed by atoms with E-state index in [9.17, 15) is 4.79 Å². The number of hydrogen-bond donors (Lipinski definition) is 1. The molecule has 0 spiro atoms. The lowest BCUT2D eigenvalue weighted by Gasteiger charge is -2.42. The minimum absolute atomic E-state index is 0.458.